The molecule has 120 valence electrons. The van der Waals surface area contributed by atoms with Gasteiger partial charge in [0.15, 0.2) is 0 Å². The van der Waals surface area contributed by atoms with Gasteiger partial charge in [-0.25, -0.2) is 0 Å². The van der Waals surface area contributed by atoms with Crippen molar-refractivity contribution < 1.29 is 0 Å². The maximum Gasteiger partial charge on any atom is 0.0524 e. The third kappa shape index (κ3) is 3.51. The van der Waals surface area contributed by atoms with Crippen LogP contribution >= 0.6 is 12.4 Å². The Balaban J connectivity index is 0.00000176. The van der Waals surface area contributed by atoms with Crippen LogP contribution in [0.2, 0.25) is 0 Å². The van der Waals surface area contributed by atoms with Gasteiger partial charge >= 0.3 is 0 Å². The monoisotopic (exact) mass is 320 g/mol. The molecule has 2 atom stereocenters. The molecular formula is C17H25ClN4. The molecule has 0 spiro atoms. The molecule has 1 aliphatic rings. The van der Waals surface area contributed by atoms with Crippen molar-refractivity contribution in [3.63, 3.8) is 0 Å². The van der Waals surface area contributed by atoms with E-state index in [1.165, 1.54) is 11.3 Å². The summed E-state index contributed by atoms with van der Waals surface area (Å²) in [6, 6.07) is 12.9. The van der Waals surface area contributed by atoms with Gasteiger partial charge in [-0.2, -0.15) is 5.10 Å². The zero-order valence-corrected chi connectivity index (χ0v) is 13.9. The Hall–Kier alpha value is -1.36. The van der Waals surface area contributed by atoms with Crippen molar-refractivity contribution in [2.75, 3.05) is 19.6 Å². The van der Waals surface area contributed by atoms with Gasteiger partial charge in [0.2, 0.25) is 0 Å². The summed E-state index contributed by atoms with van der Waals surface area (Å²) >= 11 is 0. The van der Waals surface area contributed by atoms with Crippen LogP contribution in [0.3, 0.4) is 0 Å². The van der Waals surface area contributed by atoms with Crippen molar-refractivity contribution in [3.8, 4) is 0 Å². The average Bonchev–Trinajstić information content (AvgIpc) is 3.14. The number of hydrogen-bond donors (Lipinski definition) is 1. The fourth-order valence-electron chi connectivity index (χ4n) is 3.41. The second-order valence-electron chi connectivity index (χ2n) is 5.85. The van der Waals surface area contributed by atoms with E-state index in [4.69, 9.17) is 5.73 Å². The summed E-state index contributed by atoms with van der Waals surface area (Å²) in [6.45, 7) is 6.94. The summed E-state index contributed by atoms with van der Waals surface area (Å²) in [7, 11) is 0. The Bertz CT molecular complexity index is 569. The van der Waals surface area contributed by atoms with E-state index >= 15 is 0 Å². The van der Waals surface area contributed by atoms with E-state index in [9.17, 15) is 0 Å². The van der Waals surface area contributed by atoms with E-state index in [1.54, 1.807) is 0 Å². The Kier molecular flexibility index (Phi) is 6.00. The molecule has 0 saturated carbocycles. The smallest absolute Gasteiger partial charge is 0.0524 e. The quantitative estimate of drug-likeness (QED) is 0.920. The van der Waals surface area contributed by atoms with Gasteiger partial charge in [0.25, 0.3) is 0 Å². The van der Waals surface area contributed by atoms with Gasteiger partial charge in [-0.15, -0.1) is 12.4 Å². The SMILES string of the molecule is CCn1nccc1CN1C[C@@H](CN)[C@H](c2ccccc2)C1.Cl. The van der Waals surface area contributed by atoms with Gasteiger partial charge in [0, 0.05) is 38.3 Å². The normalized spacial score (nSPS) is 21.7. The van der Waals surface area contributed by atoms with Gasteiger partial charge in [0.05, 0.1) is 5.69 Å². The summed E-state index contributed by atoms with van der Waals surface area (Å²) in [5, 5.41) is 4.36. The minimum Gasteiger partial charge on any atom is -0.330 e. The molecule has 1 aliphatic heterocycles. The van der Waals surface area contributed by atoms with Crippen LogP contribution in [0.4, 0.5) is 0 Å². The lowest BCUT2D eigenvalue weighted by atomic mass is 9.89. The first-order chi connectivity index (χ1) is 10.3. The lowest BCUT2D eigenvalue weighted by Gasteiger charge is -2.17. The van der Waals surface area contributed by atoms with Crippen LogP contribution in [-0.4, -0.2) is 34.3 Å². The number of nitrogens with zero attached hydrogens (tertiary/aromatic N) is 3. The van der Waals surface area contributed by atoms with Crippen LogP contribution in [0, 0.1) is 5.92 Å². The number of halogens is 1. The molecule has 1 saturated heterocycles. The van der Waals surface area contributed by atoms with Crippen LogP contribution < -0.4 is 5.73 Å². The van der Waals surface area contributed by atoms with Crippen LogP contribution in [0.15, 0.2) is 42.6 Å². The van der Waals surface area contributed by atoms with Gasteiger partial charge < -0.3 is 5.73 Å². The number of nitrogens with two attached hydrogens (primary N) is 1. The van der Waals surface area contributed by atoms with Crippen molar-refractivity contribution in [2.45, 2.75) is 25.9 Å². The number of hydrogen-bond acceptors (Lipinski definition) is 3. The van der Waals surface area contributed by atoms with Crippen molar-refractivity contribution >= 4 is 12.4 Å². The van der Waals surface area contributed by atoms with E-state index in [0.29, 0.717) is 11.8 Å². The summed E-state index contributed by atoms with van der Waals surface area (Å²) in [4.78, 5) is 2.51. The van der Waals surface area contributed by atoms with E-state index in [1.807, 2.05) is 6.20 Å². The fourth-order valence-corrected chi connectivity index (χ4v) is 3.41. The summed E-state index contributed by atoms with van der Waals surface area (Å²) in [5.41, 5.74) is 8.72. The molecule has 0 amide bonds. The molecule has 22 heavy (non-hydrogen) atoms. The highest BCUT2D eigenvalue weighted by atomic mass is 35.5. The Morgan fingerprint density at radius 2 is 1.95 bits per heavy atom. The standard InChI is InChI=1S/C17H24N4.ClH/c1-2-21-16(8-9-19-21)12-20-11-15(10-18)17(13-20)14-6-4-3-5-7-14;/h3-9,15,17H,2,10-13,18H2,1H3;1H/t15-,17+;/m1./s1. The molecule has 3 rings (SSSR count). The lowest BCUT2D eigenvalue weighted by Crippen LogP contribution is -2.24. The molecule has 0 radical (unpaired) electrons. The molecule has 1 aromatic heterocycles. The molecule has 5 heteroatoms. The Labute approximate surface area is 138 Å². The minimum atomic E-state index is 0. The van der Waals surface area contributed by atoms with Crippen molar-refractivity contribution in [2.24, 2.45) is 11.7 Å². The van der Waals surface area contributed by atoms with Gasteiger partial charge in [-0.3, -0.25) is 9.58 Å². The third-order valence-electron chi connectivity index (χ3n) is 4.54. The Morgan fingerprint density at radius 1 is 1.18 bits per heavy atom. The first-order valence-corrected chi connectivity index (χ1v) is 7.80. The third-order valence-corrected chi connectivity index (χ3v) is 4.54. The molecular weight excluding hydrogens is 296 g/mol. The van der Waals surface area contributed by atoms with Crippen LogP contribution in [-0.2, 0) is 13.1 Å². The molecule has 1 fully saturated rings. The number of aromatic nitrogens is 2. The highest BCUT2D eigenvalue weighted by Crippen LogP contribution is 2.32. The topological polar surface area (TPSA) is 47.1 Å². The molecule has 2 heterocycles. The van der Waals surface area contributed by atoms with Gasteiger partial charge in [-0.05, 0) is 31.0 Å². The molecule has 2 N–H and O–H groups in total. The lowest BCUT2D eigenvalue weighted by molar-refractivity contribution is 0.305. The van der Waals surface area contributed by atoms with Crippen molar-refractivity contribution in [3.05, 3.63) is 53.9 Å². The molecule has 0 bridgehead atoms. The van der Waals surface area contributed by atoms with E-state index in [-0.39, 0.29) is 12.4 Å². The summed E-state index contributed by atoms with van der Waals surface area (Å²) in [5.74, 6) is 1.10. The second kappa shape index (κ2) is 7.77. The van der Waals surface area contributed by atoms with E-state index in [0.717, 1.165) is 32.7 Å². The van der Waals surface area contributed by atoms with Crippen LogP contribution in [0.5, 0.6) is 0 Å². The fraction of sp³-hybridized carbons (Fsp3) is 0.471. The first kappa shape index (κ1) is 17.0. The number of benzene rings is 1. The van der Waals surface area contributed by atoms with Gasteiger partial charge in [-0.1, -0.05) is 30.3 Å². The van der Waals surface area contributed by atoms with Gasteiger partial charge in [0.1, 0.15) is 0 Å². The molecule has 2 aromatic rings. The summed E-state index contributed by atoms with van der Waals surface area (Å²) in [6.07, 6.45) is 1.89. The summed E-state index contributed by atoms with van der Waals surface area (Å²) < 4.78 is 2.08. The number of likely N-dealkylation sites (tertiary alicyclic amines) is 1. The minimum absolute atomic E-state index is 0. The molecule has 4 nitrogen and oxygen atoms in total. The molecule has 0 unspecified atom stereocenters. The predicted molar refractivity (Wildman–Crippen MR) is 92.2 cm³/mol. The zero-order valence-electron chi connectivity index (χ0n) is 13.1. The number of aryl methyl sites for hydroxylation is 1. The van der Waals surface area contributed by atoms with Crippen molar-refractivity contribution in [1.82, 2.24) is 14.7 Å². The Morgan fingerprint density at radius 3 is 2.64 bits per heavy atom. The maximum absolute atomic E-state index is 6.01. The first-order valence-electron chi connectivity index (χ1n) is 7.80. The molecule has 1 aromatic carbocycles. The maximum atomic E-state index is 6.01. The van der Waals surface area contributed by atoms with E-state index < -0.39 is 0 Å². The highest BCUT2D eigenvalue weighted by Gasteiger charge is 2.32. The zero-order chi connectivity index (χ0) is 14.7. The largest absolute Gasteiger partial charge is 0.330 e. The van der Waals surface area contributed by atoms with Crippen LogP contribution in [0.25, 0.3) is 0 Å². The van der Waals surface area contributed by atoms with Crippen LogP contribution in [0.1, 0.15) is 24.1 Å². The van der Waals surface area contributed by atoms with Crippen molar-refractivity contribution in [1.29, 1.82) is 0 Å². The highest BCUT2D eigenvalue weighted by molar-refractivity contribution is 5.85. The second-order valence-corrected chi connectivity index (χ2v) is 5.85. The average molecular weight is 321 g/mol. The predicted octanol–water partition coefficient (Wildman–Crippen LogP) is 2.50. The van der Waals surface area contributed by atoms with E-state index in [2.05, 4.69) is 58.0 Å². The number of rotatable bonds is 5. The molecule has 0 aliphatic carbocycles.